The highest BCUT2D eigenvalue weighted by Crippen LogP contribution is 2.25. The van der Waals surface area contributed by atoms with E-state index in [9.17, 15) is 4.79 Å². The van der Waals surface area contributed by atoms with Crippen LogP contribution in [0.3, 0.4) is 0 Å². The molecular formula is C16H29N3O2. The summed E-state index contributed by atoms with van der Waals surface area (Å²) in [6, 6.07) is 0.633. The van der Waals surface area contributed by atoms with Gasteiger partial charge < -0.3 is 9.64 Å². The SMILES string of the molecule is CCCC1NC(CC)C(=O)N1CC1CN2CCCC2CO1. The Kier molecular flexibility index (Phi) is 4.82. The normalized spacial score (nSPS) is 37.2. The molecule has 0 radical (unpaired) electrons. The van der Waals surface area contributed by atoms with Gasteiger partial charge in [-0.1, -0.05) is 20.3 Å². The van der Waals surface area contributed by atoms with Gasteiger partial charge in [0, 0.05) is 19.1 Å². The number of rotatable bonds is 5. The van der Waals surface area contributed by atoms with Gasteiger partial charge in [0.15, 0.2) is 0 Å². The van der Waals surface area contributed by atoms with Gasteiger partial charge in [-0.2, -0.15) is 0 Å². The van der Waals surface area contributed by atoms with E-state index in [1.807, 2.05) is 4.90 Å². The molecule has 1 amide bonds. The van der Waals surface area contributed by atoms with Crippen molar-refractivity contribution in [1.82, 2.24) is 15.1 Å². The summed E-state index contributed by atoms with van der Waals surface area (Å²) in [6.07, 6.45) is 5.94. The summed E-state index contributed by atoms with van der Waals surface area (Å²) in [5, 5.41) is 3.48. The van der Waals surface area contributed by atoms with E-state index in [-0.39, 0.29) is 24.2 Å². The molecule has 5 nitrogen and oxygen atoms in total. The van der Waals surface area contributed by atoms with Crippen LogP contribution in [0.4, 0.5) is 0 Å². The molecule has 4 atom stereocenters. The summed E-state index contributed by atoms with van der Waals surface area (Å²) >= 11 is 0. The number of carbonyl (C=O) groups excluding carboxylic acids is 1. The molecule has 0 aliphatic carbocycles. The Hall–Kier alpha value is -0.650. The number of hydrogen-bond donors (Lipinski definition) is 1. The summed E-state index contributed by atoms with van der Waals surface area (Å²) in [5.74, 6) is 0.267. The minimum Gasteiger partial charge on any atom is -0.373 e. The number of hydrogen-bond acceptors (Lipinski definition) is 4. The number of carbonyl (C=O) groups is 1. The van der Waals surface area contributed by atoms with Crippen molar-refractivity contribution in [2.75, 3.05) is 26.2 Å². The molecule has 3 heterocycles. The smallest absolute Gasteiger partial charge is 0.241 e. The molecule has 4 unspecified atom stereocenters. The zero-order valence-corrected chi connectivity index (χ0v) is 13.4. The topological polar surface area (TPSA) is 44.8 Å². The second-order valence-corrected chi connectivity index (χ2v) is 6.67. The number of amides is 1. The van der Waals surface area contributed by atoms with Gasteiger partial charge in [-0.25, -0.2) is 0 Å². The first-order chi connectivity index (χ1) is 10.2. The van der Waals surface area contributed by atoms with Crippen LogP contribution in [0.5, 0.6) is 0 Å². The van der Waals surface area contributed by atoms with Gasteiger partial charge in [0.05, 0.1) is 24.9 Å². The predicted octanol–water partition coefficient (Wildman–Crippen LogP) is 1.19. The Bertz CT molecular complexity index is 377. The largest absolute Gasteiger partial charge is 0.373 e. The minimum atomic E-state index is 0.00433. The predicted molar refractivity (Wildman–Crippen MR) is 82.0 cm³/mol. The summed E-state index contributed by atoms with van der Waals surface area (Å²) in [5.41, 5.74) is 0. The standard InChI is InChI=1S/C16H29N3O2/c1-3-6-15-17-14(4-2)16(20)19(15)10-13-9-18-8-5-7-12(18)11-21-13/h12-15,17H,3-11H2,1-2H3. The van der Waals surface area contributed by atoms with Gasteiger partial charge in [0.2, 0.25) is 5.91 Å². The van der Waals surface area contributed by atoms with Crippen LogP contribution in [0.1, 0.15) is 46.0 Å². The Morgan fingerprint density at radius 3 is 3.00 bits per heavy atom. The maximum Gasteiger partial charge on any atom is 0.241 e. The van der Waals surface area contributed by atoms with Crippen LogP contribution >= 0.6 is 0 Å². The zero-order valence-electron chi connectivity index (χ0n) is 13.4. The molecule has 3 aliphatic rings. The van der Waals surface area contributed by atoms with Crippen molar-refractivity contribution in [2.24, 2.45) is 0 Å². The Labute approximate surface area is 128 Å². The molecule has 0 aromatic carbocycles. The molecule has 120 valence electrons. The molecule has 5 heteroatoms. The molecule has 3 fully saturated rings. The van der Waals surface area contributed by atoms with Gasteiger partial charge >= 0.3 is 0 Å². The van der Waals surface area contributed by atoms with E-state index >= 15 is 0 Å². The van der Waals surface area contributed by atoms with Crippen LogP contribution < -0.4 is 5.32 Å². The zero-order chi connectivity index (χ0) is 14.8. The van der Waals surface area contributed by atoms with Crippen molar-refractivity contribution >= 4 is 5.91 Å². The molecule has 1 N–H and O–H groups in total. The summed E-state index contributed by atoms with van der Waals surface area (Å²) in [7, 11) is 0. The van der Waals surface area contributed by atoms with E-state index in [4.69, 9.17) is 4.74 Å². The first-order valence-electron chi connectivity index (χ1n) is 8.65. The lowest BCUT2D eigenvalue weighted by molar-refractivity contribution is -0.134. The summed E-state index contributed by atoms with van der Waals surface area (Å²) in [6.45, 7) is 8.03. The Morgan fingerprint density at radius 2 is 2.24 bits per heavy atom. The number of nitrogens with one attached hydrogen (secondary N) is 1. The van der Waals surface area contributed by atoms with Crippen LogP contribution in [0.25, 0.3) is 0 Å². The molecule has 0 bridgehead atoms. The van der Waals surface area contributed by atoms with Crippen molar-refractivity contribution in [1.29, 1.82) is 0 Å². The third-order valence-electron chi connectivity index (χ3n) is 5.18. The number of fused-ring (bicyclic) bond motifs is 1. The van der Waals surface area contributed by atoms with Crippen LogP contribution in [0.2, 0.25) is 0 Å². The van der Waals surface area contributed by atoms with Crippen molar-refractivity contribution in [3.8, 4) is 0 Å². The fourth-order valence-electron chi connectivity index (χ4n) is 3.99. The van der Waals surface area contributed by atoms with Crippen LogP contribution in [-0.2, 0) is 9.53 Å². The van der Waals surface area contributed by atoms with Crippen molar-refractivity contribution in [2.45, 2.75) is 70.3 Å². The van der Waals surface area contributed by atoms with E-state index in [0.717, 1.165) is 39.0 Å². The Balaban J connectivity index is 1.60. The molecule has 0 saturated carbocycles. The fourth-order valence-corrected chi connectivity index (χ4v) is 3.99. The van der Waals surface area contributed by atoms with E-state index in [2.05, 4.69) is 24.1 Å². The lowest BCUT2D eigenvalue weighted by atomic mass is 10.1. The lowest BCUT2D eigenvalue weighted by Crippen LogP contribution is -2.52. The van der Waals surface area contributed by atoms with Gasteiger partial charge in [0.25, 0.3) is 0 Å². The summed E-state index contributed by atoms with van der Waals surface area (Å²) in [4.78, 5) is 17.1. The van der Waals surface area contributed by atoms with Gasteiger partial charge in [-0.3, -0.25) is 15.0 Å². The average Bonchev–Trinajstić information content (AvgIpc) is 3.06. The minimum absolute atomic E-state index is 0.00433. The molecule has 0 spiro atoms. The van der Waals surface area contributed by atoms with Crippen LogP contribution in [0, 0.1) is 0 Å². The third-order valence-corrected chi connectivity index (χ3v) is 5.18. The van der Waals surface area contributed by atoms with Crippen molar-refractivity contribution in [3.05, 3.63) is 0 Å². The maximum absolute atomic E-state index is 12.5. The molecule has 21 heavy (non-hydrogen) atoms. The van der Waals surface area contributed by atoms with E-state index in [1.165, 1.54) is 19.4 Å². The third kappa shape index (κ3) is 3.10. The fraction of sp³-hybridized carbons (Fsp3) is 0.938. The quantitative estimate of drug-likeness (QED) is 0.827. The summed E-state index contributed by atoms with van der Waals surface area (Å²) < 4.78 is 6.03. The Morgan fingerprint density at radius 1 is 1.38 bits per heavy atom. The van der Waals surface area contributed by atoms with E-state index < -0.39 is 0 Å². The van der Waals surface area contributed by atoms with Crippen LogP contribution in [-0.4, -0.2) is 66.3 Å². The molecule has 3 rings (SSSR count). The highest BCUT2D eigenvalue weighted by atomic mass is 16.5. The van der Waals surface area contributed by atoms with E-state index in [0.29, 0.717) is 6.04 Å². The van der Waals surface area contributed by atoms with Gasteiger partial charge in [-0.05, 0) is 32.2 Å². The first kappa shape index (κ1) is 15.3. The number of ether oxygens (including phenoxy) is 1. The monoisotopic (exact) mass is 295 g/mol. The average molecular weight is 295 g/mol. The second kappa shape index (κ2) is 6.63. The second-order valence-electron chi connectivity index (χ2n) is 6.67. The highest BCUT2D eigenvalue weighted by molar-refractivity contribution is 5.84. The van der Waals surface area contributed by atoms with Crippen molar-refractivity contribution in [3.63, 3.8) is 0 Å². The molecule has 3 aliphatic heterocycles. The molecule has 0 aromatic heterocycles. The van der Waals surface area contributed by atoms with Gasteiger partial charge in [0.1, 0.15) is 0 Å². The number of nitrogens with zero attached hydrogens (tertiary/aromatic N) is 2. The van der Waals surface area contributed by atoms with Crippen molar-refractivity contribution < 1.29 is 9.53 Å². The molecule has 0 aromatic rings. The van der Waals surface area contributed by atoms with Crippen LogP contribution in [0.15, 0.2) is 0 Å². The first-order valence-corrected chi connectivity index (χ1v) is 8.65. The maximum atomic E-state index is 12.5. The number of morpholine rings is 1. The lowest BCUT2D eigenvalue weighted by Gasteiger charge is -2.37. The molecular weight excluding hydrogens is 266 g/mol. The van der Waals surface area contributed by atoms with E-state index in [1.54, 1.807) is 0 Å². The molecule has 3 saturated heterocycles. The highest BCUT2D eigenvalue weighted by Gasteiger charge is 2.40. The van der Waals surface area contributed by atoms with Gasteiger partial charge in [-0.15, -0.1) is 0 Å².